The Bertz CT molecular complexity index is 235. The zero-order valence-corrected chi connectivity index (χ0v) is 12.5. The third-order valence-corrected chi connectivity index (χ3v) is 3.99. The lowest BCUT2D eigenvalue weighted by Gasteiger charge is -2.46. The van der Waals surface area contributed by atoms with Crippen LogP contribution in [0.3, 0.4) is 0 Å². The van der Waals surface area contributed by atoms with Crippen LogP contribution in [0.1, 0.15) is 60.8 Å². The highest BCUT2D eigenvalue weighted by molar-refractivity contribution is 4.91. The largest absolute Gasteiger partial charge is 0.391 e. The van der Waals surface area contributed by atoms with Crippen LogP contribution >= 0.6 is 0 Å². The van der Waals surface area contributed by atoms with Gasteiger partial charge >= 0.3 is 0 Å². The predicted molar refractivity (Wildman–Crippen MR) is 74.1 cm³/mol. The van der Waals surface area contributed by atoms with Crippen molar-refractivity contribution in [2.75, 3.05) is 6.54 Å². The van der Waals surface area contributed by atoms with E-state index in [9.17, 15) is 5.11 Å². The van der Waals surface area contributed by atoms with Gasteiger partial charge in [-0.05, 0) is 44.4 Å². The molecule has 0 spiro atoms. The summed E-state index contributed by atoms with van der Waals surface area (Å²) in [5.74, 6) is 0.662. The molecule has 2 heteroatoms. The highest BCUT2D eigenvalue weighted by atomic mass is 16.3. The topological polar surface area (TPSA) is 23.5 Å². The van der Waals surface area contributed by atoms with Crippen LogP contribution < -0.4 is 0 Å². The Morgan fingerprint density at radius 2 is 1.82 bits per heavy atom. The molecule has 0 heterocycles. The van der Waals surface area contributed by atoms with Crippen LogP contribution in [0.15, 0.2) is 0 Å². The summed E-state index contributed by atoms with van der Waals surface area (Å²) in [5.41, 5.74) is 0.383. The fraction of sp³-hybridized carbons (Fsp3) is 1.00. The lowest BCUT2D eigenvalue weighted by Crippen LogP contribution is -2.52. The summed E-state index contributed by atoms with van der Waals surface area (Å²) in [4.78, 5) is 2.51. The molecule has 0 amide bonds. The van der Waals surface area contributed by atoms with Crippen molar-refractivity contribution in [3.05, 3.63) is 0 Å². The van der Waals surface area contributed by atoms with E-state index in [0.29, 0.717) is 23.4 Å². The SMILES string of the molecule is CC(C)CN(C(C)C)C1CC(C)(C)CCC1O. The van der Waals surface area contributed by atoms with Crippen molar-refractivity contribution in [3.8, 4) is 0 Å². The van der Waals surface area contributed by atoms with Gasteiger partial charge < -0.3 is 5.11 Å². The molecule has 2 unspecified atom stereocenters. The summed E-state index contributed by atoms with van der Waals surface area (Å²) in [5, 5.41) is 10.3. The lowest BCUT2D eigenvalue weighted by molar-refractivity contribution is -0.0333. The van der Waals surface area contributed by atoms with E-state index in [1.165, 1.54) is 0 Å². The molecule has 0 aromatic rings. The Labute approximate surface area is 107 Å². The molecule has 2 nitrogen and oxygen atoms in total. The average molecular weight is 241 g/mol. The molecule has 0 bridgehead atoms. The molecule has 0 aliphatic heterocycles. The first kappa shape index (κ1) is 15.0. The van der Waals surface area contributed by atoms with Crippen LogP contribution in [-0.2, 0) is 0 Å². The number of nitrogens with zero attached hydrogens (tertiary/aromatic N) is 1. The smallest absolute Gasteiger partial charge is 0.0695 e. The van der Waals surface area contributed by atoms with E-state index in [-0.39, 0.29) is 6.10 Å². The Morgan fingerprint density at radius 3 is 2.29 bits per heavy atom. The molecule has 0 aromatic heterocycles. The van der Waals surface area contributed by atoms with Gasteiger partial charge in [0.2, 0.25) is 0 Å². The van der Waals surface area contributed by atoms with E-state index in [2.05, 4.69) is 46.4 Å². The first-order valence-electron chi connectivity index (χ1n) is 7.17. The first-order valence-corrected chi connectivity index (χ1v) is 7.17. The van der Waals surface area contributed by atoms with Gasteiger partial charge in [-0.2, -0.15) is 0 Å². The van der Waals surface area contributed by atoms with Gasteiger partial charge in [-0.25, -0.2) is 0 Å². The molecule has 1 aliphatic carbocycles. The molecule has 1 saturated carbocycles. The summed E-state index contributed by atoms with van der Waals surface area (Å²) < 4.78 is 0. The number of rotatable bonds is 4. The summed E-state index contributed by atoms with van der Waals surface area (Å²) in [6.45, 7) is 14.8. The van der Waals surface area contributed by atoms with Crippen molar-refractivity contribution in [1.29, 1.82) is 0 Å². The van der Waals surface area contributed by atoms with Crippen LogP contribution in [0.4, 0.5) is 0 Å². The van der Waals surface area contributed by atoms with Gasteiger partial charge in [0.15, 0.2) is 0 Å². The summed E-state index contributed by atoms with van der Waals surface area (Å²) in [7, 11) is 0. The second kappa shape index (κ2) is 5.71. The van der Waals surface area contributed by atoms with Crippen molar-refractivity contribution in [2.24, 2.45) is 11.3 Å². The van der Waals surface area contributed by atoms with E-state index >= 15 is 0 Å². The predicted octanol–water partition coefficient (Wildman–Crippen LogP) is 3.29. The van der Waals surface area contributed by atoms with Crippen molar-refractivity contribution < 1.29 is 5.11 Å². The molecule has 1 N–H and O–H groups in total. The Morgan fingerprint density at radius 1 is 1.24 bits per heavy atom. The molecule has 0 radical (unpaired) electrons. The van der Waals surface area contributed by atoms with Gasteiger partial charge in [0.25, 0.3) is 0 Å². The maximum Gasteiger partial charge on any atom is 0.0695 e. The molecule has 1 rings (SSSR count). The average Bonchev–Trinajstić information content (AvgIpc) is 2.18. The van der Waals surface area contributed by atoms with Gasteiger partial charge in [0.1, 0.15) is 0 Å². The summed E-state index contributed by atoms with van der Waals surface area (Å²) in [6, 6.07) is 0.868. The fourth-order valence-electron chi connectivity index (χ4n) is 3.02. The molecular formula is C15H31NO. The monoisotopic (exact) mass is 241 g/mol. The van der Waals surface area contributed by atoms with Crippen LogP contribution in [0, 0.1) is 11.3 Å². The number of hydrogen-bond acceptors (Lipinski definition) is 2. The third-order valence-electron chi connectivity index (χ3n) is 3.99. The van der Waals surface area contributed by atoms with E-state index in [0.717, 1.165) is 25.8 Å². The maximum atomic E-state index is 10.3. The van der Waals surface area contributed by atoms with E-state index in [1.54, 1.807) is 0 Å². The molecule has 1 fully saturated rings. The highest BCUT2D eigenvalue weighted by Crippen LogP contribution is 2.38. The van der Waals surface area contributed by atoms with Gasteiger partial charge in [0, 0.05) is 18.6 Å². The Balaban J connectivity index is 2.76. The highest BCUT2D eigenvalue weighted by Gasteiger charge is 2.37. The zero-order valence-electron chi connectivity index (χ0n) is 12.5. The van der Waals surface area contributed by atoms with Crippen molar-refractivity contribution >= 4 is 0 Å². The Kier molecular flexibility index (Phi) is 5.03. The molecule has 17 heavy (non-hydrogen) atoms. The normalized spacial score (nSPS) is 29.3. The van der Waals surface area contributed by atoms with E-state index < -0.39 is 0 Å². The number of aliphatic hydroxyl groups is 1. The quantitative estimate of drug-likeness (QED) is 0.816. The minimum absolute atomic E-state index is 0.135. The van der Waals surface area contributed by atoms with E-state index in [1.807, 2.05) is 0 Å². The maximum absolute atomic E-state index is 10.3. The molecular weight excluding hydrogens is 210 g/mol. The van der Waals surface area contributed by atoms with Crippen LogP contribution in [0.2, 0.25) is 0 Å². The molecule has 0 aromatic carbocycles. The molecule has 102 valence electrons. The van der Waals surface area contributed by atoms with Crippen molar-refractivity contribution in [2.45, 2.75) is 79.0 Å². The van der Waals surface area contributed by atoms with Gasteiger partial charge in [0.05, 0.1) is 6.10 Å². The number of hydrogen-bond donors (Lipinski definition) is 1. The lowest BCUT2D eigenvalue weighted by atomic mass is 9.73. The van der Waals surface area contributed by atoms with Crippen LogP contribution in [-0.4, -0.2) is 34.7 Å². The van der Waals surface area contributed by atoms with Gasteiger partial charge in [-0.1, -0.05) is 27.7 Å². The van der Waals surface area contributed by atoms with Crippen LogP contribution in [0.25, 0.3) is 0 Å². The van der Waals surface area contributed by atoms with Gasteiger partial charge in [-0.3, -0.25) is 4.90 Å². The second-order valence-corrected chi connectivity index (χ2v) is 7.23. The Hall–Kier alpha value is -0.0800. The molecule has 1 aliphatic rings. The zero-order chi connectivity index (χ0) is 13.2. The standard InChI is InChI=1S/C15H31NO/c1-11(2)10-16(12(3)4)13-9-15(5,6)8-7-14(13)17/h11-14,17H,7-10H2,1-6H3. The summed E-state index contributed by atoms with van der Waals surface area (Å²) in [6.07, 6.45) is 3.10. The van der Waals surface area contributed by atoms with Crippen molar-refractivity contribution in [3.63, 3.8) is 0 Å². The summed E-state index contributed by atoms with van der Waals surface area (Å²) >= 11 is 0. The molecule has 2 atom stereocenters. The van der Waals surface area contributed by atoms with E-state index in [4.69, 9.17) is 0 Å². The second-order valence-electron chi connectivity index (χ2n) is 7.23. The van der Waals surface area contributed by atoms with Gasteiger partial charge in [-0.15, -0.1) is 0 Å². The fourth-order valence-corrected chi connectivity index (χ4v) is 3.02. The third kappa shape index (κ3) is 4.26. The minimum Gasteiger partial charge on any atom is -0.391 e. The van der Waals surface area contributed by atoms with Crippen LogP contribution in [0.5, 0.6) is 0 Å². The number of aliphatic hydroxyl groups excluding tert-OH is 1. The first-order chi connectivity index (χ1) is 7.73. The van der Waals surface area contributed by atoms with Crippen molar-refractivity contribution in [1.82, 2.24) is 4.90 Å². The molecule has 0 saturated heterocycles. The minimum atomic E-state index is -0.135.